The van der Waals surface area contributed by atoms with Crippen LogP contribution in [0.25, 0.3) is 0 Å². The molecule has 2 atom stereocenters. The van der Waals surface area contributed by atoms with Crippen LogP contribution < -0.4 is 14.8 Å². The summed E-state index contributed by atoms with van der Waals surface area (Å²) in [6.45, 7) is 1.90. The van der Waals surface area contributed by atoms with E-state index in [4.69, 9.17) is 19.3 Å². The first-order chi connectivity index (χ1) is 10.5. The number of aromatic carboxylic acids is 1. The minimum absolute atomic E-state index is 0.00587. The zero-order chi connectivity index (χ0) is 16.3. The van der Waals surface area contributed by atoms with E-state index in [1.165, 1.54) is 26.4 Å². The van der Waals surface area contributed by atoms with Gasteiger partial charge in [0.2, 0.25) is 0 Å². The third-order valence-electron chi connectivity index (χ3n) is 3.51. The molecule has 0 aliphatic carbocycles. The van der Waals surface area contributed by atoms with Crippen LogP contribution in [0.4, 0.5) is 5.69 Å². The molecular formula is C15H19NO6. The molecule has 0 aromatic heterocycles. The maximum Gasteiger partial charge on any atom is 0.335 e. The van der Waals surface area contributed by atoms with Gasteiger partial charge in [-0.2, -0.15) is 0 Å². The molecule has 0 saturated carbocycles. The van der Waals surface area contributed by atoms with Crippen molar-refractivity contribution in [1.82, 2.24) is 0 Å². The predicted octanol–water partition coefficient (Wildman–Crippen LogP) is 1.91. The maximum atomic E-state index is 12.2. The van der Waals surface area contributed by atoms with Gasteiger partial charge in [-0.05, 0) is 31.9 Å². The van der Waals surface area contributed by atoms with Gasteiger partial charge in [0, 0.05) is 0 Å². The van der Waals surface area contributed by atoms with Gasteiger partial charge in [-0.15, -0.1) is 0 Å². The Kier molecular flexibility index (Phi) is 4.87. The van der Waals surface area contributed by atoms with E-state index in [0.29, 0.717) is 6.42 Å². The van der Waals surface area contributed by atoms with E-state index >= 15 is 0 Å². The number of rotatable bonds is 5. The van der Waals surface area contributed by atoms with Gasteiger partial charge in [0.05, 0.1) is 31.6 Å². The second-order valence-electron chi connectivity index (χ2n) is 5.07. The summed E-state index contributed by atoms with van der Waals surface area (Å²) in [5.41, 5.74) is 0.237. The van der Waals surface area contributed by atoms with Gasteiger partial charge in [-0.3, -0.25) is 4.79 Å². The summed E-state index contributed by atoms with van der Waals surface area (Å²) >= 11 is 0. The lowest BCUT2D eigenvalue weighted by molar-refractivity contribution is -0.126. The summed E-state index contributed by atoms with van der Waals surface area (Å²) in [7, 11) is 2.82. The highest BCUT2D eigenvalue weighted by atomic mass is 16.5. The zero-order valence-electron chi connectivity index (χ0n) is 12.7. The first-order valence-electron chi connectivity index (χ1n) is 6.92. The molecule has 2 unspecified atom stereocenters. The van der Waals surface area contributed by atoms with Crippen molar-refractivity contribution in [2.45, 2.75) is 32.0 Å². The smallest absolute Gasteiger partial charge is 0.335 e. The fraction of sp³-hybridized carbons (Fsp3) is 0.467. The van der Waals surface area contributed by atoms with Gasteiger partial charge < -0.3 is 24.6 Å². The van der Waals surface area contributed by atoms with Crippen molar-refractivity contribution in [3.8, 4) is 11.5 Å². The monoisotopic (exact) mass is 309 g/mol. The number of hydrogen-bond acceptors (Lipinski definition) is 5. The number of carbonyl (C=O) groups is 2. The number of methoxy groups -OCH3 is 2. The van der Waals surface area contributed by atoms with Crippen LogP contribution in [0.5, 0.6) is 11.5 Å². The van der Waals surface area contributed by atoms with Gasteiger partial charge in [0.15, 0.2) is 11.5 Å². The number of ether oxygens (including phenoxy) is 3. The molecule has 7 heteroatoms. The van der Waals surface area contributed by atoms with E-state index in [2.05, 4.69) is 5.32 Å². The highest BCUT2D eigenvalue weighted by Gasteiger charge is 2.29. The lowest BCUT2D eigenvalue weighted by atomic mass is 10.1. The minimum Gasteiger partial charge on any atom is -0.493 e. The van der Waals surface area contributed by atoms with Crippen LogP contribution in [-0.4, -0.2) is 43.4 Å². The molecule has 1 amide bonds. The molecular weight excluding hydrogens is 290 g/mol. The average molecular weight is 309 g/mol. The molecule has 1 heterocycles. The Morgan fingerprint density at radius 2 is 2.00 bits per heavy atom. The second kappa shape index (κ2) is 6.65. The number of carboxylic acid groups (broad SMARTS) is 1. The van der Waals surface area contributed by atoms with Crippen LogP contribution in [-0.2, 0) is 9.53 Å². The molecule has 22 heavy (non-hydrogen) atoms. The lowest BCUT2D eigenvalue weighted by Gasteiger charge is -2.16. The van der Waals surface area contributed by atoms with Crippen LogP contribution in [0.2, 0.25) is 0 Å². The first-order valence-corrected chi connectivity index (χ1v) is 6.92. The third kappa shape index (κ3) is 3.30. The van der Waals surface area contributed by atoms with Crippen molar-refractivity contribution >= 4 is 17.6 Å². The molecule has 0 radical (unpaired) electrons. The normalized spacial score (nSPS) is 20.5. The van der Waals surface area contributed by atoms with E-state index in [0.717, 1.165) is 6.42 Å². The Bertz CT molecular complexity index is 586. The molecule has 1 aliphatic heterocycles. The summed E-state index contributed by atoms with van der Waals surface area (Å²) in [5, 5.41) is 11.8. The van der Waals surface area contributed by atoms with Crippen molar-refractivity contribution in [1.29, 1.82) is 0 Å². The fourth-order valence-corrected chi connectivity index (χ4v) is 2.39. The zero-order valence-corrected chi connectivity index (χ0v) is 12.7. The van der Waals surface area contributed by atoms with Crippen LogP contribution in [0.3, 0.4) is 0 Å². The molecule has 2 N–H and O–H groups in total. The maximum absolute atomic E-state index is 12.2. The molecule has 1 aliphatic rings. The Morgan fingerprint density at radius 3 is 2.50 bits per heavy atom. The highest BCUT2D eigenvalue weighted by molar-refractivity contribution is 5.98. The summed E-state index contributed by atoms with van der Waals surface area (Å²) < 4.78 is 15.8. The number of amides is 1. The summed E-state index contributed by atoms with van der Waals surface area (Å²) in [6, 6.07) is 2.67. The first kappa shape index (κ1) is 16.1. The van der Waals surface area contributed by atoms with Crippen LogP contribution >= 0.6 is 0 Å². The SMILES string of the molecule is COc1cc(C(=O)O)cc(NC(=O)C2CCC(C)O2)c1OC. The molecule has 1 aromatic carbocycles. The Hall–Kier alpha value is -2.28. The van der Waals surface area contributed by atoms with Gasteiger partial charge in [0.1, 0.15) is 6.10 Å². The highest BCUT2D eigenvalue weighted by Crippen LogP contribution is 2.37. The number of nitrogens with one attached hydrogen (secondary N) is 1. The van der Waals surface area contributed by atoms with Gasteiger partial charge >= 0.3 is 5.97 Å². The van der Waals surface area contributed by atoms with Gasteiger partial charge in [-0.25, -0.2) is 4.79 Å². The Balaban J connectivity index is 2.30. The predicted molar refractivity (Wildman–Crippen MR) is 78.7 cm³/mol. The quantitative estimate of drug-likeness (QED) is 0.863. The minimum atomic E-state index is -1.12. The molecule has 0 bridgehead atoms. The average Bonchev–Trinajstić information content (AvgIpc) is 2.92. The number of hydrogen-bond donors (Lipinski definition) is 2. The van der Waals surface area contributed by atoms with Crippen molar-refractivity contribution in [3.63, 3.8) is 0 Å². The van der Waals surface area contributed by atoms with E-state index in [-0.39, 0.29) is 34.8 Å². The summed E-state index contributed by atoms with van der Waals surface area (Å²) in [4.78, 5) is 23.4. The van der Waals surface area contributed by atoms with E-state index in [1.54, 1.807) is 0 Å². The fourth-order valence-electron chi connectivity index (χ4n) is 2.39. The lowest BCUT2D eigenvalue weighted by Crippen LogP contribution is -2.28. The number of anilines is 1. The van der Waals surface area contributed by atoms with Crippen LogP contribution in [0, 0.1) is 0 Å². The van der Waals surface area contributed by atoms with Crippen molar-refractivity contribution in [2.24, 2.45) is 0 Å². The van der Waals surface area contributed by atoms with Crippen LogP contribution in [0.1, 0.15) is 30.1 Å². The second-order valence-corrected chi connectivity index (χ2v) is 5.07. The third-order valence-corrected chi connectivity index (χ3v) is 3.51. The Labute approximate surface area is 128 Å². The topological polar surface area (TPSA) is 94.1 Å². The standard InChI is InChI=1S/C15H19NO6/c1-8-4-5-11(22-8)14(17)16-10-6-9(15(18)19)7-12(20-2)13(10)21-3/h6-8,11H,4-5H2,1-3H3,(H,16,17)(H,18,19). The Morgan fingerprint density at radius 1 is 1.27 bits per heavy atom. The van der Waals surface area contributed by atoms with Crippen LogP contribution in [0.15, 0.2) is 12.1 Å². The van der Waals surface area contributed by atoms with Gasteiger partial charge in [0.25, 0.3) is 5.91 Å². The molecule has 7 nitrogen and oxygen atoms in total. The summed E-state index contributed by atoms with van der Waals surface area (Å²) in [5.74, 6) is -0.945. The van der Waals surface area contributed by atoms with Gasteiger partial charge in [-0.1, -0.05) is 0 Å². The van der Waals surface area contributed by atoms with E-state index in [9.17, 15) is 9.59 Å². The molecule has 2 rings (SSSR count). The molecule has 1 saturated heterocycles. The van der Waals surface area contributed by atoms with E-state index in [1.807, 2.05) is 6.92 Å². The number of carbonyl (C=O) groups excluding carboxylic acids is 1. The molecule has 0 spiro atoms. The number of carboxylic acids is 1. The molecule has 120 valence electrons. The molecule has 1 aromatic rings. The largest absolute Gasteiger partial charge is 0.493 e. The number of benzene rings is 1. The van der Waals surface area contributed by atoms with Crippen molar-refractivity contribution in [2.75, 3.05) is 19.5 Å². The van der Waals surface area contributed by atoms with Crippen molar-refractivity contribution < 1.29 is 28.9 Å². The van der Waals surface area contributed by atoms with E-state index < -0.39 is 12.1 Å². The van der Waals surface area contributed by atoms with Crippen molar-refractivity contribution in [3.05, 3.63) is 17.7 Å². The summed E-state index contributed by atoms with van der Waals surface area (Å²) in [6.07, 6.45) is 0.940. The molecule has 1 fully saturated rings.